The third kappa shape index (κ3) is 3.08. The minimum Gasteiger partial charge on any atom is -0.309 e. The van der Waals surface area contributed by atoms with Gasteiger partial charge in [0.25, 0.3) is 5.91 Å². The van der Waals surface area contributed by atoms with Crippen molar-refractivity contribution in [3.8, 4) is 0 Å². The fraction of sp³-hybridized carbons (Fsp3) is 0.278. The second-order valence-electron chi connectivity index (χ2n) is 4.94. The van der Waals surface area contributed by atoms with Crippen LogP contribution >= 0.6 is 0 Å². The molecule has 2 aromatic rings. The highest BCUT2D eigenvalue weighted by atomic mass is 16.2. The molecule has 2 heteroatoms. The van der Waals surface area contributed by atoms with Crippen LogP contribution in [0, 0.1) is 6.92 Å². The van der Waals surface area contributed by atoms with E-state index in [4.69, 9.17) is 0 Å². The quantitative estimate of drug-likeness (QED) is 0.812. The number of nitrogens with zero attached hydrogens (tertiary/aromatic N) is 1. The molecular formula is C18H21NO. The van der Waals surface area contributed by atoms with Gasteiger partial charge in [-0.3, -0.25) is 4.79 Å². The number of hydrogen-bond donors (Lipinski definition) is 0. The highest BCUT2D eigenvalue weighted by Crippen LogP contribution is 2.19. The highest BCUT2D eigenvalue weighted by molar-refractivity contribution is 6.06. The zero-order valence-electron chi connectivity index (χ0n) is 12.4. The molecule has 20 heavy (non-hydrogen) atoms. The molecule has 0 aromatic heterocycles. The molecular weight excluding hydrogens is 246 g/mol. The molecule has 0 heterocycles. The van der Waals surface area contributed by atoms with Crippen LogP contribution < -0.4 is 4.90 Å². The molecule has 0 N–H and O–H groups in total. The van der Waals surface area contributed by atoms with Gasteiger partial charge in [0.2, 0.25) is 0 Å². The molecule has 0 saturated heterocycles. The zero-order chi connectivity index (χ0) is 14.5. The Bertz CT molecular complexity index is 587. The molecule has 0 aliphatic carbocycles. The van der Waals surface area contributed by atoms with Crippen molar-refractivity contribution >= 4 is 11.6 Å². The first-order valence-corrected chi connectivity index (χ1v) is 7.13. The second-order valence-corrected chi connectivity index (χ2v) is 4.94. The second kappa shape index (κ2) is 6.38. The Morgan fingerprint density at radius 3 is 2.30 bits per heavy atom. The molecule has 0 spiro atoms. The van der Waals surface area contributed by atoms with E-state index >= 15 is 0 Å². The van der Waals surface area contributed by atoms with Crippen LogP contribution in [0.1, 0.15) is 35.3 Å². The highest BCUT2D eigenvalue weighted by Gasteiger charge is 2.15. The van der Waals surface area contributed by atoms with Crippen molar-refractivity contribution in [2.45, 2.75) is 27.2 Å². The number of benzene rings is 2. The van der Waals surface area contributed by atoms with E-state index in [1.54, 1.807) is 0 Å². The Morgan fingerprint density at radius 2 is 1.75 bits per heavy atom. The predicted octanol–water partition coefficient (Wildman–Crippen LogP) is 4.22. The summed E-state index contributed by atoms with van der Waals surface area (Å²) in [6, 6.07) is 15.9. The summed E-state index contributed by atoms with van der Waals surface area (Å²) in [6.45, 7) is 6.82. The number of aryl methyl sites for hydroxylation is 2. The largest absolute Gasteiger partial charge is 0.309 e. The van der Waals surface area contributed by atoms with Crippen LogP contribution in [0.2, 0.25) is 0 Å². The monoisotopic (exact) mass is 267 g/mol. The Balaban J connectivity index is 2.28. The molecule has 1 amide bonds. The smallest absolute Gasteiger partial charge is 0.258 e. The number of anilines is 1. The SMILES string of the molecule is CCc1ccc(C(=O)N(CC)c2cccc(C)c2)cc1. The summed E-state index contributed by atoms with van der Waals surface area (Å²) >= 11 is 0. The Labute approximate surface area is 121 Å². The van der Waals surface area contributed by atoms with Crippen molar-refractivity contribution < 1.29 is 4.79 Å². The lowest BCUT2D eigenvalue weighted by Gasteiger charge is -2.21. The molecule has 2 rings (SSSR count). The molecule has 0 radical (unpaired) electrons. The van der Waals surface area contributed by atoms with Gasteiger partial charge < -0.3 is 4.90 Å². The van der Waals surface area contributed by atoms with E-state index in [2.05, 4.69) is 6.92 Å². The van der Waals surface area contributed by atoms with E-state index in [9.17, 15) is 4.79 Å². The Morgan fingerprint density at radius 1 is 1.05 bits per heavy atom. The van der Waals surface area contributed by atoms with E-state index < -0.39 is 0 Å². The molecule has 0 fully saturated rings. The van der Waals surface area contributed by atoms with Gasteiger partial charge >= 0.3 is 0 Å². The van der Waals surface area contributed by atoms with Gasteiger partial charge in [-0.15, -0.1) is 0 Å². The van der Waals surface area contributed by atoms with Gasteiger partial charge in [-0.1, -0.05) is 31.2 Å². The topological polar surface area (TPSA) is 20.3 Å². The van der Waals surface area contributed by atoms with E-state index in [0.717, 1.165) is 23.2 Å². The zero-order valence-corrected chi connectivity index (χ0v) is 12.4. The van der Waals surface area contributed by atoms with Crippen LogP contribution in [0.4, 0.5) is 5.69 Å². The van der Waals surface area contributed by atoms with Gasteiger partial charge in [-0.05, 0) is 55.7 Å². The van der Waals surface area contributed by atoms with Crippen molar-refractivity contribution in [2.75, 3.05) is 11.4 Å². The summed E-state index contributed by atoms with van der Waals surface area (Å²) in [4.78, 5) is 14.4. The molecule has 2 nitrogen and oxygen atoms in total. The van der Waals surface area contributed by atoms with E-state index in [0.29, 0.717) is 6.54 Å². The van der Waals surface area contributed by atoms with Gasteiger partial charge in [0.15, 0.2) is 0 Å². The summed E-state index contributed by atoms with van der Waals surface area (Å²) in [5.74, 6) is 0.0563. The molecule has 104 valence electrons. The number of amides is 1. The maximum absolute atomic E-state index is 12.6. The van der Waals surface area contributed by atoms with Crippen LogP contribution in [0.3, 0.4) is 0 Å². The van der Waals surface area contributed by atoms with Gasteiger partial charge in [-0.2, -0.15) is 0 Å². The minimum absolute atomic E-state index is 0.0563. The third-order valence-corrected chi connectivity index (χ3v) is 3.48. The molecule has 0 bridgehead atoms. The average Bonchev–Trinajstić information content (AvgIpc) is 2.48. The van der Waals surface area contributed by atoms with Crippen molar-refractivity contribution in [2.24, 2.45) is 0 Å². The fourth-order valence-electron chi connectivity index (χ4n) is 2.28. The number of rotatable bonds is 4. The van der Waals surface area contributed by atoms with Gasteiger partial charge in [0.05, 0.1) is 0 Å². The van der Waals surface area contributed by atoms with Crippen LogP contribution in [0.25, 0.3) is 0 Å². The van der Waals surface area contributed by atoms with E-state index in [-0.39, 0.29) is 5.91 Å². The van der Waals surface area contributed by atoms with E-state index in [1.165, 1.54) is 5.56 Å². The number of carbonyl (C=O) groups excluding carboxylic acids is 1. The lowest BCUT2D eigenvalue weighted by molar-refractivity contribution is 0.0988. The first-order chi connectivity index (χ1) is 9.65. The lowest BCUT2D eigenvalue weighted by atomic mass is 10.1. The normalized spacial score (nSPS) is 10.3. The molecule has 0 atom stereocenters. The molecule has 2 aromatic carbocycles. The van der Waals surface area contributed by atoms with E-state index in [1.807, 2.05) is 67.3 Å². The standard InChI is InChI=1S/C18H21NO/c1-4-15-9-11-16(12-10-15)18(20)19(5-2)17-8-6-7-14(3)13-17/h6-13H,4-5H2,1-3H3. The van der Waals surface area contributed by atoms with Crippen LogP contribution in [0.5, 0.6) is 0 Å². The average molecular weight is 267 g/mol. The van der Waals surface area contributed by atoms with Gasteiger partial charge in [0.1, 0.15) is 0 Å². The number of hydrogen-bond acceptors (Lipinski definition) is 1. The first kappa shape index (κ1) is 14.3. The van der Waals surface area contributed by atoms with Gasteiger partial charge in [0, 0.05) is 17.8 Å². The maximum Gasteiger partial charge on any atom is 0.258 e. The summed E-state index contributed by atoms with van der Waals surface area (Å²) in [5, 5.41) is 0. The number of carbonyl (C=O) groups is 1. The summed E-state index contributed by atoms with van der Waals surface area (Å²) in [7, 11) is 0. The predicted molar refractivity (Wildman–Crippen MR) is 84.3 cm³/mol. The minimum atomic E-state index is 0.0563. The molecule has 0 aliphatic rings. The fourth-order valence-corrected chi connectivity index (χ4v) is 2.28. The summed E-state index contributed by atoms with van der Waals surface area (Å²) < 4.78 is 0. The van der Waals surface area contributed by atoms with Crippen molar-refractivity contribution in [3.05, 3.63) is 65.2 Å². The Hall–Kier alpha value is -2.09. The lowest BCUT2D eigenvalue weighted by Crippen LogP contribution is -2.30. The first-order valence-electron chi connectivity index (χ1n) is 7.13. The third-order valence-electron chi connectivity index (χ3n) is 3.48. The molecule has 0 unspecified atom stereocenters. The van der Waals surface area contributed by atoms with Crippen LogP contribution in [-0.2, 0) is 6.42 Å². The van der Waals surface area contributed by atoms with Crippen molar-refractivity contribution in [1.29, 1.82) is 0 Å². The van der Waals surface area contributed by atoms with Gasteiger partial charge in [-0.25, -0.2) is 0 Å². The van der Waals surface area contributed by atoms with Crippen LogP contribution in [-0.4, -0.2) is 12.5 Å². The van der Waals surface area contributed by atoms with Crippen molar-refractivity contribution in [1.82, 2.24) is 0 Å². The summed E-state index contributed by atoms with van der Waals surface area (Å²) in [5.41, 5.74) is 4.11. The maximum atomic E-state index is 12.6. The Kier molecular flexibility index (Phi) is 4.57. The summed E-state index contributed by atoms with van der Waals surface area (Å²) in [6.07, 6.45) is 0.990. The van der Waals surface area contributed by atoms with Crippen LogP contribution in [0.15, 0.2) is 48.5 Å². The van der Waals surface area contributed by atoms with Crippen molar-refractivity contribution in [3.63, 3.8) is 0 Å². The molecule has 0 aliphatic heterocycles. The molecule has 0 saturated carbocycles.